The van der Waals surface area contributed by atoms with Crippen molar-refractivity contribution in [1.29, 1.82) is 0 Å². The van der Waals surface area contributed by atoms with Gasteiger partial charge >= 0.3 is 5.97 Å². The zero-order chi connectivity index (χ0) is 14.3. The lowest BCUT2D eigenvalue weighted by atomic mass is 10.1. The quantitative estimate of drug-likeness (QED) is 0.752. The molecule has 0 aromatic carbocycles. The number of thiazole rings is 1. The van der Waals surface area contributed by atoms with Gasteiger partial charge in [0.2, 0.25) is 5.91 Å². The Morgan fingerprint density at radius 3 is 2.84 bits per heavy atom. The molecule has 0 aliphatic heterocycles. The first kappa shape index (κ1) is 15.4. The van der Waals surface area contributed by atoms with Crippen molar-refractivity contribution >= 4 is 29.3 Å². The molecule has 0 aliphatic rings. The highest BCUT2D eigenvalue weighted by molar-refractivity contribution is 7.09. The predicted molar refractivity (Wildman–Crippen MR) is 75.0 cm³/mol. The third kappa shape index (κ3) is 6.15. The summed E-state index contributed by atoms with van der Waals surface area (Å²) in [5.74, 6) is -1.19. The number of aromatic nitrogens is 1. The highest BCUT2D eigenvalue weighted by Gasteiger charge is 2.13. The number of aryl methyl sites for hydroxylation is 1. The van der Waals surface area contributed by atoms with Crippen LogP contribution in [0.3, 0.4) is 0 Å². The minimum atomic E-state index is -0.905. The maximum absolute atomic E-state index is 11.7. The van der Waals surface area contributed by atoms with Crippen molar-refractivity contribution in [3.63, 3.8) is 0 Å². The third-order valence-corrected chi connectivity index (χ3v) is 3.24. The Labute approximate surface area is 116 Å². The Morgan fingerprint density at radius 2 is 2.32 bits per heavy atom. The van der Waals surface area contributed by atoms with Crippen LogP contribution in [-0.4, -0.2) is 28.0 Å². The monoisotopic (exact) mass is 282 g/mol. The molecule has 0 radical (unpaired) electrons. The van der Waals surface area contributed by atoms with Crippen LogP contribution in [0.15, 0.2) is 11.5 Å². The molecule has 1 aromatic rings. The van der Waals surface area contributed by atoms with Crippen molar-refractivity contribution in [3.8, 4) is 0 Å². The van der Waals surface area contributed by atoms with Gasteiger partial charge in [0.05, 0.1) is 17.1 Å². The van der Waals surface area contributed by atoms with E-state index in [-0.39, 0.29) is 18.4 Å². The molecule has 0 fully saturated rings. The number of carboxylic acids is 1. The second-order valence-corrected chi connectivity index (χ2v) is 5.28. The van der Waals surface area contributed by atoms with E-state index in [9.17, 15) is 9.59 Å². The molecule has 1 rings (SSSR count). The van der Waals surface area contributed by atoms with Crippen molar-refractivity contribution in [2.24, 2.45) is 0 Å². The number of hydrogen-bond acceptors (Lipinski definition) is 4. The topological polar surface area (TPSA) is 79.3 Å². The first-order valence-electron chi connectivity index (χ1n) is 6.13. The smallest absolute Gasteiger partial charge is 0.305 e. The molecular formula is C13H18N2O3S. The fourth-order valence-corrected chi connectivity index (χ4v) is 2.23. The Kier molecular flexibility index (Phi) is 6.21. The molecule has 1 heterocycles. The van der Waals surface area contributed by atoms with Gasteiger partial charge in [-0.1, -0.05) is 13.3 Å². The molecule has 1 unspecified atom stereocenters. The van der Waals surface area contributed by atoms with Crippen LogP contribution in [-0.2, 0) is 9.59 Å². The van der Waals surface area contributed by atoms with Gasteiger partial charge in [-0.3, -0.25) is 9.59 Å². The van der Waals surface area contributed by atoms with E-state index in [1.807, 2.05) is 19.2 Å². The van der Waals surface area contributed by atoms with E-state index in [0.717, 1.165) is 17.1 Å². The number of hydrogen-bond donors (Lipinski definition) is 2. The fraction of sp³-hybridized carbons (Fsp3) is 0.462. The number of amides is 1. The Hall–Kier alpha value is -1.69. The summed E-state index contributed by atoms with van der Waals surface area (Å²) in [4.78, 5) is 26.5. The maximum atomic E-state index is 11.7. The van der Waals surface area contributed by atoms with Crippen LogP contribution in [0.25, 0.3) is 6.08 Å². The van der Waals surface area contributed by atoms with E-state index >= 15 is 0 Å². The summed E-state index contributed by atoms with van der Waals surface area (Å²) < 4.78 is 0. The van der Waals surface area contributed by atoms with Gasteiger partial charge in [-0.05, 0) is 19.4 Å². The first-order valence-corrected chi connectivity index (χ1v) is 7.01. The molecule has 0 saturated heterocycles. The van der Waals surface area contributed by atoms with Crippen molar-refractivity contribution in [1.82, 2.24) is 10.3 Å². The molecule has 0 spiro atoms. The summed E-state index contributed by atoms with van der Waals surface area (Å²) in [7, 11) is 0. The Balaban J connectivity index is 2.52. The number of carboxylic acid groups (broad SMARTS) is 1. The molecule has 1 atom stereocenters. The summed E-state index contributed by atoms with van der Waals surface area (Å²) >= 11 is 1.51. The van der Waals surface area contributed by atoms with Crippen LogP contribution in [0.4, 0.5) is 0 Å². The number of carbonyl (C=O) groups is 2. The molecule has 2 N–H and O–H groups in total. The largest absolute Gasteiger partial charge is 0.481 e. The van der Waals surface area contributed by atoms with Crippen molar-refractivity contribution in [2.75, 3.05) is 0 Å². The van der Waals surface area contributed by atoms with Crippen LogP contribution in [0, 0.1) is 6.92 Å². The molecule has 6 heteroatoms. The second kappa shape index (κ2) is 7.68. The average Bonchev–Trinajstić information content (AvgIpc) is 2.72. The standard InChI is InChI=1S/C13H18N2O3S/c1-3-4-10(7-13(17)18)15-12(16)6-5-11-8-19-9(2)14-11/h5-6,8,10H,3-4,7H2,1-2H3,(H,15,16)(H,17,18)/b6-5+. The van der Waals surface area contributed by atoms with E-state index in [2.05, 4.69) is 10.3 Å². The van der Waals surface area contributed by atoms with E-state index in [1.165, 1.54) is 17.4 Å². The van der Waals surface area contributed by atoms with Gasteiger partial charge in [-0.2, -0.15) is 0 Å². The summed E-state index contributed by atoms with van der Waals surface area (Å²) in [5, 5.41) is 14.3. The van der Waals surface area contributed by atoms with Crippen LogP contribution >= 0.6 is 11.3 Å². The van der Waals surface area contributed by atoms with Crippen molar-refractivity contribution < 1.29 is 14.7 Å². The minimum absolute atomic E-state index is 0.0524. The highest BCUT2D eigenvalue weighted by atomic mass is 32.1. The van der Waals surface area contributed by atoms with Gasteiger partial charge in [0.1, 0.15) is 0 Å². The second-order valence-electron chi connectivity index (χ2n) is 4.22. The molecule has 0 saturated carbocycles. The predicted octanol–water partition coefficient (Wildman–Crippen LogP) is 2.22. The lowest BCUT2D eigenvalue weighted by Gasteiger charge is -2.14. The van der Waals surface area contributed by atoms with Gasteiger partial charge in [0.25, 0.3) is 0 Å². The van der Waals surface area contributed by atoms with Gasteiger partial charge in [0.15, 0.2) is 0 Å². The Morgan fingerprint density at radius 1 is 1.58 bits per heavy atom. The van der Waals surface area contributed by atoms with E-state index in [1.54, 1.807) is 6.08 Å². The van der Waals surface area contributed by atoms with Crippen LogP contribution in [0.2, 0.25) is 0 Å². The number of aliphatic carboxylic acids is 1. The van der Waals surface area contributed by atoms with Gasteiger partial charge in [-0.15, -0.1) is 11.3 Å². The van der Waals surface area contributed by atoms with Gasteiger partial charge < -0.3 is 10.4 Å². The highest BCUT2D eigenvalue weighted by Crippen LogP contribution is 2.09. The van der Waals surface area contributed by atoms with E-state index in [0.29, 0.717) is 6.42 Å². The van der Waals surface area contributed by atoms with Crippen molar-refractivity contribution in [3.05, 3.63) is 22.2 Å². The zero-order valence-electron chi connectivity index (χ0n) is 11.0. The van der Waals surface area contributed by atoms with Gasteiger partial charge in [0, 0.05) is 17.5 Å². The van der Waals surface area contributed by atoms with Crippen LogP contribution < -0.4 is 5.32 Å². The molecular weight excluding hydrogens is 264 g/mol. The first-order chi connectivity index (χ1) is 9.01. The fourth-order valence-electron chi connectivity index (χ4n) is 1.65. The molecule has 0 bridgehead atoms. The number of rotatable bonds is 7. The summed E-state index contributed by atoms with van der Waals surface area (Å²) in [5.41, 5.74) is 0.739. The lowest BCUT2D eigenvalue weighted by Crippen LogP contribution is -2.35. The lowest BCUT2D eigenvalue weighted by molar-refractivity contribution is -0.137. The SMILES string of the molecule is CCCC(CC(=O)O)NC(=O)/C=C/c1csc(C)n1. The molecule has 0 aliphatic carbocycles. The summed E-state index contributed by atoms with van der Waals surface area (Å²) in [6.45, 7) is 3.85. The van der Waals surface area contributed by atoms with E-state index < -0.39 is 5.97 Å². The summed E-state index contributed by atoms with van der Waals surface area (Å²) in [6, 6.07) is -0.322. The zero-order valence-corrected chi connectivity index (χ0v) is 11.9. The molecule has 5 nitrogen and oxygen atoms in total. The number of nitrogens with one attached hydrogen (secondary N) is 1. The van der Waals surface area contributed by atoms with Crippen LogP contribution in [0.1, 0.15) is 36.9 Å². The van der Waals surface area contributed by atoms with Gasteiger partial charge in [-0.25, -0.2) is 4.98 Å². The number of carbonyl (C=O) groups excluding carboxylic acids is 1. The maximum Gasteiger partial charge on any atom is 0.305 e. The molecule has 19 heavy (non-hydrogen) atoms. The van der Waals surface area contributed by atoms with Crippen LogP contribution in [0.5, 0.6) is 0 Å². The number of nitrogens with zero attached hydrogens (tertiary/aromatic N) is 1. The molecule has 1 amide bonds. The molecule has 104 valence electrons. The third-order valence-electron chi connectivity index (χ3n) is 2.45. The normalized spacial score (nSPS) is 12.5. The van der Waals surface area contributed by atoms with Crippen molar-refractivity contribution in [2.45, 2.75) is 39.2 Å². The average molecular weight is 282 g/mol. The minimum Gasteiger partial charge on any atom is -0.481 e. The summed E-state index contributed by atoms with van der Waals surface area (Å²) in [6.07, 6.45) is 4.44. The van der Waals surface area contributed by atoms with E-state index in [4.69, 9.17) is 5.11 Å². The Bertz CT molecular complexity index is 468. The molecule has 1 aromatic heterocycles.